The van der Waals surface area contributed by atoms with Crippen molar-refractivity contribution >= 4 is 11.9 Å². The third-order valence-electron chi connectivity index (χ3n) is 3.80. The van der Waals surface area contributed by atoms with E-state index in [2.05, 4.69) is 4.98 Å². The van der Waals surface area contributed by atoms with E-state index in [0.717, 1.165) is 19.3 Å². The number of carbonyl (C=O) groups excluding carboxylic acids is 2. The number of aromatic nitrogens is 1. The van der Waals surface area contributed by atoms with Crippen molar-refractivity contribution in [3.8, 4) is 0 Å². The van der Waals surface area contributed by atoms with Crippen LogP contribution in [0, 0.1) is 0 Å². The molecule has 6 heteroatoms. The van der Waals surface area contributed by atoms with Gasteiger partial charge in [0.05, 0.1) is 6.61 Å². The van der Waals surface area contributed by atoms with Crippen molar-refractivity contribution in [3.05, 3.63) is 29.6 Å². The Kier molecular flexibility index (Phi) is 5.89. The first-order valence-corrected chi connectivity index (χ1v) is 7.73. The SMILES string of the molecule is CCOC(=O)c1cccc(C(=O)N2CCCCC2CCO)n1. The number of aliphatic hydroxyl groups excluding tert-OH is 1. The molecule has 1 atom stereocenters. The number of piperidine rings is 1. The van der Waals surface area contributed by atoms with E-state index in [-0.39, 0.29) is 36.6 Å². The summed E-state index contributed by atoms with van der Waals surface area (Å²) in [5, 5.41) is 9.15. The lowest BCUT2D eigenvalue weighted by Gasteiger charge is -2.35. The van der Waals surface area contributed by atoms with Crippen LogP contribution in [-0.4, -0.2) is 52.7 Å². The Hall–Kier alpha value is -1.95. The van der Waals surface area contributed by atoms with E-state index in [9.17, 15) is 9.59 Å². The molecule has 1 aromatic heterocycles. The van der Waals surface area contributed by atoms with Gasteiger partial charge in [-0.1, -0.05) is 6.07 Å². The van der Waals surface area contributed by atoms with E-state index in [0.29, 0.717) is 13.0 Å². The molecule has 1 unspecified atom stereocenters. The summed E-state index contributed by atoms with van der Waals surface area (Å²) in [5.74, 6) is -0.716. The van der Waals surface area contributed by atoms with Crippen LogP contribution >= 0.6 is 0 Å². The van der Waals surface area contributed by atoms with E-state index >= 15 is 0 Å². The standard InChI is InChI=1S/C16H22N2O4/c1-2-22-16(21)14-8-5-7-13(17-14)15(20)18-10-4-3-6-12(18)9-11-19/h5,7-8,12,19H,2-4,6,9-11H2,1H3. The molecule has 0 aromatic carbocycles. The lowest BCUT2D eigenvalue weighted by molar-refractivity contribution is 0.0518. The fourth-order valence-electron chi connectivity index (χ4n) is 2.74. The highest BCUT2D eigenvalue weighted by atomic mass is 16.5. The molecule has 1 N–H and O–H groups in total. The Balaban J connectivity index is 2.17. The second-order valence-electron chi connectivity index (χ2n) is 5.29. The van der Waals surface area contributed by atoms with Crippen molar-refractivity contribution in [2.24, 2.45) is 0 Å². The molecular formula is C16H22N2O4. The minimum absolute atomic E-state index is 0.0410. The van der Waals surface area contributed by atoms with Crippen LogP contribution in [0.5, 0.6) is 0 Å². The van der Waals surface area contributed by atoms with Crippen LogP contribution in [-0.2, 0) is 4.74 Å². The fourth-order valence-corrected chi connectivity index (χ4v) is 2.74. The second kappa shape index (κ2) is 7.89. The zero-order valence-corrected chi connectivity index (χ0v) is 12.8. The summed E-state index contributed by atoms with van der Waals surface area (Å²) in [6.07, 6.45) is 3.48. The molecule has 2 heterocycles. The summed E-state index contributed by atoms with van der Waals surface area (Å²) in [6.45, 7) is 2.71. The molecule has 0 spiro atoms. The lowest BCUT2D eigenvalue weighted by Crippen LogP contribution is -2.44. The second-order valence-corrected chi connectivity index (χ2v) is 5.29. The minimum atomic E-state index is -0.525. The summed E-state index contributed by atoms with van der Waals surface area (Å²) in [6, 6.07) is 4.82. The molecule has 2 rings (SSSR count). The van der Waals surface area contributed by atoms with Gasteiger partial charge in [-0.05, 0) is 44.7 Å². The van der Waals surface area contributed by atoms with Gasteiger partial charge in [0.15, 0.2) is 0 Å². The van der Waals surface area contributed by atoms with Crippen LogP contribution in [0.1, 0.15) is 53.6 Å². The molecule has 22 heavy (non-hydrogen) atoms. The quantitative estimate of drug-likeness (QED) is 0.836. The van der Waals surface area contributed by atoms with Crippen LogP contribution < -0.4 is 0 Å². The first kappa shape index (κ1) is 16.4. The van der Waals surface area contributed by atoms with Gasteiger partial charge in [0.1, 0.15) is 11.4 Å². The molecule has 0 saturated carbocycles. The Bertz CT molecular complexity index is 531. The number of amides is 1. The van der Waals surface area contributed by atoms with Gasteiger partial charge in [-0.25, -0.2) is 9.78 Å². The van der Waals surface area contributed by atoms with Gasteiger partial charge < -0.3 is 14.7 Å². The summed E-state index contributed by atoms with van der Waals surface area (Å²) in [5.41, 5.74) is 0.388. The average Bonchev–Trinajstić information content (AvgIpc) is 2.55. The van der Waals surface area contributed by atoms with Gasteiger partial charge >= 0.3 is 5.97 Å². The van der Waals surface area contributed by atoms with Crippen molar-refractivity contribution in [1.82, 2.24) is 9.88 Å². The summed E-state index contributed by atoms with van der Waals surface area (Å²) >= 11 is 0. The molecule has 6 nitrogen and oxygen atoms in total. The topological polar surface area (TPSA) is 79.7 Å². The molecule has 1 amide bonds. The maximum Gasteiger partial charge on any atom is 0.356 e. The highest BCUT2D eigenvalue weighted by Gasteiger charge is 2.28. The predicted octanol–water partition coefficient (Wildman–Crippen LogP) is 1.64. The van der Waals surface area contributed by atoms with Gasteiger partial charge in [0.25, 0.3) is 5.91 Å². The van der Waals surface area contributed by atoms with Gasteiger partial charge in [0, 0.05) is 19.2 Å². The molecule has 1 saturated heterocycles. The van der Waals surface area contributed by atoms with Crippen molar-refractivity contribution in [1.29, 1.82) is 0 Å². The van der Waals surface area contributed by atoms with E-state index in [1.807, 2.05) is 0 Å². The van der Waals surface area contributed by atoms with E-state index in [1.165, 1.54) is 6.07 Å². The van der Waals surface area contributed by atoms with Crippen LogP contribution in [0.4, 0.5) is 0 Å². The monoisotopic (exact) mass is 306 g/mol. The van der Waals surface area contributed by atoms with Gasteiger partial charge in [-0.15, -0.1) is 0 Å². The predicted molar refractivity (Wildman–Crippen MR) is 80.6 cm³/mol. The maximum atomic E-state index is 12.6. The number of esters is 1. The number of rotatable bonds is 5. The number of likely N-dealkylation sites (tertiary alicyclic amines) is 1. The fraction of sp³-hybridized carbons (Fsp3) is 0.562. The molecule has 1 aliphatic heterocycles. The van der Waals surface area contributed by atoms with E-state index < -0.39 is 5.97 Å². The Morgan fingerprint density at radius 1 is 1.36 bits per heavy atom. The minimum Gasteiger partial charge on any atom is -0.461 e. The number of nitrogens with zero attached hydrogens (tertiary/aromatic N) is 2. The summed E-state index contributed by atoms with van der Waals surface area (Å²) in [7, 11) is 0. The number of hydrogen-bond acceptors (Lipinski definition) is 5. The first-order valence-electron chi connectivity index (χ1n) is 7.73. The number of ether oxygens (including phenoxy) is 1. The van der Waals surface area contributed by atoms with E-state index in [4.69, 9.17) is 9.84 Å². The van der Waals surface area contributed by atoms with Gasteiger partial charge in [-0.2, -0.15) is 0 Å². The number of carbonyl (C=O) groups is 2. The maximum absolute atomic E-state index is 12.6. The average molecular weight is 306 g/mol. The first-order chi connectivity index (χ1) is 10.7. The van der Waals surface area contributed by atoms with Crippen LogP contribution in [0.25, 0.3) is 0 Å². The lowest BCUT2D eigenvalue weighted by atomic mass is 9.99. The van der Waals surface area contributed by atoms with Crippen LogP contribution in [0.2, 0.25) is 0 Å². The van der Waals surface area contributed by atoms with Crippen molar-refractivity contribution in [3.63, 3.8) is 0 Å². The largest absolute Gasteiger partial charge is 0.461 e. The van der Waals surface area contributed by atoms with Gasteiger partial charge in [-0.3, -0.25) is 4.79 Å². The van der Waals surface area contributed by atoms with Crippen molar-refractivity contribution in [2.45, 2.75) is 38.6 Å². The van der Waals surface area contributed by atoms with Crippen LogP contribution in [0.15, 0.2) is 18.2 Å². The Labute approximate surface area is 130 Å². The molecule has 1 aliphatic rings. The third kappa shape index (κ3) is 3.82. The van der Waals surface area contributed by atoms with Crippen LogP contribution in [0.3, 0.4) is 0 Å². The molecule has 120 valence electrons. The summed E-state index contributed by atoms with van der Waals surface area (Å²) in [4.78, 5) is 30.3. The number of aliphatic hydroxyl groups is 1. The highest BCUT2D eigenvalue weighted by Crippen LogP contribution is 2.21. The molecular weight excluding hydrogens is 284 g/mol. The zero-order valence-electron chi connectivity index (χ0n) is 12.8. The van der Waals surface area contributed by atoms with E-state index in [1.54, 1.807) is 24.0 Å². The normalized spacial score (nSPS) is 18.1. The molecule has 0 aliphatic carbocycles. The number of pyridine rings is 1. The Morgan fingerprint density at radius 2 is 2.14 bits per heavy atom. The molecule has 0 radical (unpaired) electrons. The van der Waals surface area contributed by atoms with Crippen molar-refractivity contribution in [2.75, 3.05) is 19.8 Å². The molecule has 1 fully saturated rings. The summed E-state index contributed by atoms with van der Waals surface area (Å²) < 4.78 is 4.91. The Morgan fingerprint density at radius 3 is 2.86 bits per heavy atom. The third-order valence-corrected chi connectivity index (χ3v) is 3.80. The molecule has 0 bridgehead atoms. The van der Waals surface area contributed by atoms with Crippen molar-refractivity contribution < 1.29 is 19.4 Å². The van der Waals surface area contributed by atoms with Gasteiger partial charge in [0.2, 0.25) is 0 Å². The highest BCUT2D eigenvalue weighted by molar-refractivity contribution is 5.94. The number of hydrogen-bond donors (Lipinski definition) is 1. The molecule has 1 aromatic rings. The zero-order chi connectivity index (χ0) is 15.9. The smallest absolute Gasteiger partial charge is 0.356 e.